The van der Waals surface area contributed by atoms with E-state index < -0.39 is 5.97 Å². The van der Waals surface area contributed by atoms with Gasteiger partial charge in [0.15, 0.2) is 0 Å². The summed E-state index contributed by atoms with van der Waals surface area (Å²) in [5.41, 5.74) is 0. The first-order valence-electron chi connectivity index (χ1n) is 7.91. The highest BCUT2D eigenvalue weighted by molar-refractivity contribution is 5.75. The van der Waals surface area contributed by atoms with Gasteiger partial charge in [0.25, 0.3) is 0 Å². The number of rotatable bonds is 4. The summed E-state index contributed by atoms with van der Waals surface area (Å²) in [6, 6.07) is 0.279. The van der Waals surface area contributed by atoms with Gasteiger partial charge in [-0.3, -0.25) is 4.79 Å². The van der Waals surface area contributed by atoms with Crippen molar-refractivity contribution in [2.75, 3.05) is 33.2 Å². The third-order valence-electron chi connectivity index (χ3n) is 4.76. The average Bonchev–Trinajstić information content (AvgIpc) is 2.88. The molecule has 2 rings (SSSR count). The Morgan fingerprint density at radius 2 is 2.00 bits per heavy atom. The fourth-order valence-electron chi connectivity index (χ4n) is 3.40. The molecule has 2 saturated heterocycles. The highest BCUT2D eigenvalue weighted by atomic mass is 16.4. The van der Waals surface area contributed by atoms with Crippen LogP contribution in [-0.2, 0) is 4.79 Å². The SMILES string of the molecule is CC1CN(C)CCC1NC(=O)N1CCC(CCC(=O)O)C1. The van der Waals surface area contributed by atoms with Crippen LogP contribution in [0.3, 0.4) is 0 Å². The first kappa shape index (κ1) is 16.1. The summed E-state index contributed by atoms with van der Waals surface area (Å²) >= 11 is 0. The van der Waals surface area contributed by atoms with Crippen LogP contribution in [0.1, 0.15) is 32.6 Å². The summed E-state index contributed by atoms with van der Waals surface area (Å²) in [7, 11) is 2.11. The summed E-state index contributed by atoms with van der Waals surface area (Å²) in [6.07, 6.45) is 2.79. The zero-order valence-corrected chi connectivity index (χ0v) is 13.0. The highest BCUT2D eigenvalue weighted by Gasteiger charge is 2.30. The van der Waals surface area contributed by atoms with Gasteiger partial charge in [-0.05, 0) is 44.7 Å². The number of hydrogen-bond donors (Lipinski definition) is 2. The quantitative estimate of drug-likeness (QED) is 0.818. The maximum absolute atomic E-state index is 12.3. The van der Waals surface area contributed by atoms with Crippen molar-refractivity contribution >= 4 is 12.0 Å². The van der Waals surface area contributed by atoms with E-state index in [2.05, 4.69) is 24.2 Å². The third kappa shape index (κ3) is 4.59. The minimum Gasteiger partial charge on any atom is -0.481 e. The Balaban J connectivity index is 1.75. The summed E-state index contributed by atoms with van der Waals surface area (Å²) in [4.78, 5) is 27.1. The first-order valence-corrected chi connectivity index (χ1v) is 7.91. The second-order valence-electron chi connectivity index (χ2n) is 6.62. The van der Waals surface area contributed by atoms with E-state index in [-0.39, 0.29) is 18.5 Å². The fourth-order valence-corrected chi connectivity index (χ4v) is 3.40. The van der Waals surface area contributed by atoms with Crippen LogP contribution in [-0.4, -0.2) is 66.2 Å². The number of carbonyl (C=O) groups excluding carboxylic acids is 1. The molecule has 0 saturated carbocycles. The zero-order chi connectivity index (χ0) is 15.4. The zero-order valence-electron chi connectivity index (χ0n) is 13.0. The number of amides is 2. The molecule has 2 heterocycles. The molecule has 2 amide bonds. The summed E-state index contributed by atoms with van der Waals surface area (Å²) in [5, 5.41) is 11.9. The molecule has 6 nitrogen and oxygen atoms in total. The van der Waals surface area contributed by atoms with Crippen LogP contribution < -0.4 is 5.32 Å². The molecule has 0 aromatic rings. The smallest absolute Gasteiger partial charge is 0.317 e. The molecule has 0 spiro atoms. The molecule has 0 aromatic carbocycles. The molecule has 2 aliphatic heterocycles. The van der Waals surface area contributed by atoms with E-state index in [0.717, 1.165) is 32.5 Å². The van der Waals surface area contributed by atoms with Gasteiger partial charge in [-0.1, -0.05) is 6.92 Å². The molecule has 2 aliphatic rings. The lowest BCUT2D eigenvalue weighted by atomic mass is 9.94. The van der Waals surface area contributed by atoms with Crippen molar-refractivity contribution in [1.82, 2.24) is 15.1 Å². The van der Waals surface area contributed by atoms with Gasteiger partial charge in [0, 0.05) is 32.1 Å². The van der Waals surface area contributed by atoms with Crippen molar-refractivity contribution in [3.63, 3.8) is 0 Å². The maximum Gasteiger partial charge on any atom is 0.317 e. The van der Waals surface area contributed by atoms with E-state index in [0.29, 0.717) is 24.8 Å². The van der Waals surface area contributed by atoms with Crippen LogP contribution in [0.2, 0.25) is 0 Å². The monoisotopic (exact) mass is 297 g/mol. The minimum absolute atomic E-state index is 0.0224. The van der Waals surface area contributed by atoms with E-state index in [1.807, 2.05) is 4.90 Å². The second kappa shape index (κ2) is 7.11. The van der Waals surface area contributed by atoms with Crippen molar-refractivity contribution in [3.05, 3.63) is 0 Å². The predicted octanol–water partition coefficient (Wildman–Crippen LogP) is 1.22. The predicted molar refractivity (Wildman–Crippen MR) is 80.1 cm³/mol. The van der Waals surface area contributed by atoms with Crippen molar-refractivity contribution in [1.29, 1.82) is 0 Å². The molecular weight excluding hydrogens is 270 g/mol. The molecule has 0 bridgehead atoms. The number of piperidine rings is 1. The van der Waals surface area contributed by atoms with Gasteiger partial charge in [-0.2, -0.15) is 0 Å². The summed E-state index contributed by atoms with van der Waals surface area (Å²) in [5.74, 6) is 0.0536. The first-order chi connectivity index (χ1) is 9.95. The van der Waals surface area contributed by atoms with Crippen LogP contribution >= 0.6 is 0 Å². The lowest BCUT2D eigenvalue weighted by Crippen LogP contribution is -2.52. The number of carboxylic acid groups (broad SMARTS) is 1. The topological polar surface area (TPSA) is 72.9 Å². The number of nitrogens with zero attached hydrogens (tertiary/aromatic N) is 2. The van der Waals surface area contributed by atoms with E-state index >= 15 is 0 Å². The lowest BCUT2D eigenvalue weighted by molar-refractivity contribution is -0.137. The van der Waals surface area contributed by atoms with E-state index in [1.54, 1.807) is 0 Å². The molecule has 2 N–H and O–H groups in total. The van der Waals surface area contributed by atoms with Crippen molar-refractivity contribution in [3.8, 4) is 0 Å². The van der Waals surface area contributed by atoms with Gasteiger partial charge in [-0.15, -0.1) is 0 Å². The number of carbonyl (C=O) groups is 2. The molecular formula is C15H27N3O3. The Morgan fingerprint density at radius 1 is 1.24 bits per heavy atom. The molecule has 0 radical (unpaired) electrons. The Labute approximate surface area is 126 Å². The number of aliphatic carboxylic acids is 1. The number of hydrogen-bond acceptors (Lipinski definition) is 3. The van der Waals surface area contributed by atoms with Gasteiger partial charge >= 0.3 is 12.0 Å². The summed E-state index contributed by atoms with van der Waals surface area (Å²) in [6.45, 7) is 5.67. The van der Waals surface area contributed by atoms with Gasteiger partial charge < -0.3 is 20.2 Å². The van der Waals surface area contributed by atoms with E-state index in [9.17, 15) is 9.59 Å². The molecule has 21 heavy (non-hydrogen) atoms. The third-order valence-corrected chi connectivity index (χ3v) is 4.76. The van der Waals surface area contributed by atoms with E-state index in [1.165, 1.54) is 0 Å². The second-order valence-corrected chi connectivity index (χ2v) is 6.62. The Kier molecular flexibility index (Phi) is 5.45. The molecule has 0 aromatic heterocycles. The molecule has 2 fully saturated rings. The molecule has 6 heteroatoms. The lowest BCUT2D eigenvalue weighted by Gasteiger charge is -2.36. The van der Waals surface area contributed by atoms with Crippen LogP contribution in [0, 0.1) is 11.8 Å². The number of likely N-dealkylation sites (tertiary alicyclic amines) is 2. The Bertz CT molecular complexity index is 388. The van der Waals surface area contributed by atoms with Crippen LogP contribution in [0.5, 0.6) is 0 Å². The maximum atomic E-state index is 12.3. The number of nitrogens with one attached hydrogen (secondary N) is 1. The van der Waals surface area contributed by atoms with Gasteiger partial charge in [-0.25, -0.2) is 4.79 Å². The average molecular weight is 297 g/mol. The minimum atomic E-state index is -0.752. The number of urea groups is 1. The largest absolute Gasteiger partial charge is 0.481 e. The molecule has 0 aliphatic carbocycles. The van der Waals surface area contributed by atoms with Crippen LogP contribution in [0.4, 0.5) is 4.79 Å². The van der Waals surface area contributed by atoms with Crippen molar-refractivity contribution in [2.45, 2.75) is 38.6 Å². The van der Waals surface area contributed by atoms with Crippen molar-refractivity contribution < 1.29 is 14.7 Å². The Morgan fingerprint density at radius 3 is 2.67 bits per heavy atom. The van der Waals surface area contributed by atoms with Gasteiger partial charge in [0.05, 0.1) is 0 Å². The fraction of sp³-hybridized carbons (Fsp3) is 0.867. The Hall–Kier alpha value is -1.30. The van der Waals surface area contributed by atoms with Crippen LogP contribution in [0.25, 0.3) is 0 Å². The standard InChI is InChI=1S/C15H27N3O3/c1-11-9-17(2)7-6-13(11)16-15(21)18-8-5-12(10-18)3-4-14(19)20/h11-13H,3-10H2,1-2H3,(H,16,21)(H,19,20). The summed E-state index contributed by atoms with van der Waals surface area (Å²) < 4.78 is 0. The van der Waals surface area contributed by atoms with Crippen molar-refractivity contribution in [2.24, 2.45) is 11.8 Å². The highest BCUT2D eigenvalue weighted by Crippen LogP contribution is 2.22. The molecule has 3 atom stereocenters. The van der Waals surface area contributed by atoms with Gasteiger partial charge in [0.1, 0.15) is 0 Å². The molecule has 120 valence electrons. The van der Waals surface area contributed by atoms with Gasteiger partial charge in [0.2, 0.25) is 0 Å². The number of carboxylic acids is 1. The van der Waals surface area contributed by atoms with Crippen LogP contribution in [0.15, 0.2) is 0 Å². The normalized spacial score (nSPS) is 30.4. The van der Waals surface area contributed by atoms with E-state index in [4.69, 9.17) is 5.11 Å². The molecule has 3 unspecified atom stereocenters.